The van der Waals surface area contributed by atoms with Crippen LogP contribution >= 0.6 is 0 Å². The standard InChI is InChI=1S/C12H21N3O3S/c1-8(2)18-11(10(4)19(16,17)13-5)12-14-6-9(3)7-15-12/h6-8,10-11,13H,1-5H3/t10-,11+/m0/s1. The largest absolute Gasteiger partial charge is 0.366 e. The van der Waals surface area contributed by atoms with E-state index in [9.17, 15) is 8.42 Å². The van der Waals surface area contributed by atoms with Crippen molar-refractivity contribution in [2.75, 3.05) is 7.05 Å². The first-order valence-corrected chi connectivity index (χ1v) is 7.69. The van der Waals surface area contributed by atoms with Crippen LogP contribution in [0.4, 0.5) is 0 Å². The van der Waals surface area contributed by atoms with Gasteiger partial charge < -0.3 is 4.74 Å². The summed E-state index contributed by atoms with van der Waals surface area (Å²) in [7, 11) is -2.07. The third kappa shape index (κ3) is 4.22. The molecular weight excluding hydrogens is 266 g/mol. The second-order valence-electron chi connectivity index (χ2n) is 4.68. The molecule has 0 aromatic carbocycles. The van der Waals surface area contributed by atoms with Gasteiger partial charge in [0.05, 0.1) is 6.10 Å². The van der Waals surface area contributed by atoms with Crippen molar-refractivity contribution in [1.29, 1.82) is 0 Å². The number of ether oxygens (including phenoxy) is 1. The van der Waals surface area contributed by atoms with Crippen molar-refractivity contribution < 1.29 is 13.2 Å². The van der Waals surface area contributed by atoms with Crippen molar-refractivity contribution in [3.8, 4) is 0 Å². The van der Waals surface area contributed by atoms with Gasteiger partial charge in [0.15, 0.2) is 5.82 Å². The molecule has 1 aromatic rings. The minimum atomic E-state index is -3.46. The molecule has 0 bridgehead atoms. The van der Waals surface area contributed by atoms with E-state index in [2.05, 4.69) is 14.7 Å². The van der Waals surface area contributed by atoms with Crippen LogP contribution in [0.5, 0.6) is 0 Å². The molecule has 0 radical (unpaired) electrons. The van der Waals surface area contributed by atoms with Crippen LogP contribution in [-0.2, 0) is 14.8 Å². The summed E-state index contributed by atoms with van der Waals surface area (Å²) in [4.78, 5) is 8.34. The van der Waals surface area contributed by atoms with Crippen LogP contribution in [0.15, 0.2) is 12.4 Å². The molecule has 0 amide bonds. The van der Waals surface area contributed by atoms with E-state index in [0.717, 1.165) is 5.56 Å². The van der Waals surface area contributed by atoms with Gasteiger partial charge in [-0.05, 0) is 40.3 Å². The topological polar surface area (TPSA) is 81.2 Å². The van der Waals surface area contributed by atoms with Crippen LogP contribution in [0.3, 0.4) is 0 Å². The summed E-state index contributed by atoms with van der Waals surface area (Å²) in [5.41, 5.74) is 0.913. The Kier molecular flexibility index (Phi) is 5.39. The highest BCUT2D eigenvalue weighted by Gasteiger charge is 2.33. The summed E-state index contributed by atoms with van der Waals surface area (Å²) in [5, 5.41) is -0.775. The van der Waals surface area contributed by atoms with Crippen molar-refractivity contribution in [3.63, 3.8) is 0 Å². The van der Waals surface area contributed by atoms with E-state index < -0.39 is 21.4 Å². The van der Waals surface area contributed by atoms with E-state index in [4.69, 9.17) is 4.74 Å². The third-order valence-corrected chi connectivity index (χ3v) is 4.47. The average molecular weight is 287 g/mol. The van der Waals surface area contributed by atoms with Crippen molar-refractivity contribution in [2.24, 2.45) is 0 Å². The fraction of sp³-hybridized carbons (Fsp3) is 0.667. The summed E-state index contributed by atoms with van der Waals surface area (Å²) >= 11 is 0. The fourth-order valence-corrected chi connectivity index (χ4v) is 2.46. The van der Waals surface area contributed by atoms with Crippen LogP contribution in [-0.4, -0.2) is 36.8 Å². The minimum Gasteiger partial charge on any atom is -0.366 e. The zero-order valence-corrected chi connectivity index (χ0v) is 12.7. The highest BCUT2D eigenvalue weighted by Crippen LogP contribution is 2.24. The summed E-state index contributed by atoms with van der Waals surface area (Å²) in [5.74, 6) is 0.380. The Morgan fingerprint density at radius 1 is 1.21 bits per heavy atom. The molecule has 7 heteroatoms. The Hall–Kier alpha value is -1.05. The van der Waals surface area contributed by atoms with Gasteiger partial charge in [0.25, 0.3) is 0 Å². The van der Waals surface area contributed by atoms with E-state index in [1.165, 1.54) is 7.05 Å². The van der Waals surface area contributed by atoms with Gasteiger partial charge in [0.2, 0.25) is 10.0 Å². The van der Waals surface area contributed by atoms with E-state index in [1.54, 1.807) is 19.3 Å². The van der Waals surface area contributed by atoms with Gasteiger partial charge in [-0.3, -0.25) is 0 Å². The molecule has 0 saturated carbocycles. The molecule has 0 aliphatic heterocycles. The number of hydrogen-bond donors (Lipinski definition) is 1. The number of aryl methyl sites for hydroxylation is 1. The lowest BCUT2D eigenvalue weighted by Crippen LogP contribution is -2.36. The maximum absolute atomic E-state index is 11.9. The lowest BCUT2D eigenvalue weighted by atomic mass is 10.2. The second kappa shape index (κ2) is 6.40. The molecule has 1 rings (SSSR count). The number of nitrogens with zero attached hydrogens (tertiary/aromatic N) is 2. The first-order chi connectivity index (χ1) is 8.77. The van der Waals surface area contributed by atoms with Crippen LogP contribution in [0.1, 0.15) is 38.3 Å². The molecule has 2 atom stereocenters. The van der Waals surface area contributed by atoms with E-state index in [-0.39, 0.29) is 6.10 Å². The lowest BCUT2D eigenvalue weighted by Gasteiger charge is -2.24. The van der Waals surface area contributed by atoms with Crippen molar-refractivity contribution in [1.82, 2.24) is 14.7 Å². The number of rotatable bonds is 6. The average Bonchev–Trinajstić information content (AvgIpc) is 2.36. The van der Waals surface area contributed by atoms with Crippen LogP contribution in [0.25, 0.3) is 0 Å². The van der Waals surface area contributed by atoms with Crippen LogP contribution in [0, 0.1) is 6.92 Å². The van der Waals surface area contributed by atoms with Crippen molar-refractivity contribution in [2.45, 2.75) is 45.2 Å². The van der Waals surface area contributed by atoms with Gasteiger partial charge in [-0.25, -0.2) is 23.1 Å². The zero-order valence-electron chi connectivity index (χ0n) is 11.9. The number of nitrogens with one attached hydrogen (secondary N) is 1. The van der Waals surface area contributed by atoms with Gasteiger partial charge in [0.1, 0.15) is 11.4 Å². The molecular formula is C12H21N3O3S. The monoisotopic (exact) mass is 287 g/mol. The van der Waals surface area contributed by atoms with Gasteiger partial charge in [0, 0.05) is 12.4 Å². The van der Waals surface area contributed by atoms with E-state index in [1.807, 2.05) is 20.8 Å². The summed E-state index contributed by atoms with van der Waals surface area (Å²) < 4.78 is 31.8. The van der Waals surface area contributed by atoms with Gasteiger partial charge in [-0.15, -0.1) is 0 Å². The normalized spacial score (nSPS) is 15.5. The van der Waals surface area contributed by atoms with E-state index in [0.29, 0.717) is 5.82 Å². The first-order valence-electron chi connectivity index (χ1n) is 6.14. The molecule has 0 aliphatic carbocycles. The fourth-order valence-electron chi connectivity index (χ4n) is 1.57. The molecule has 6 nitrogen and oxygen atoms in total. The Bertz CT molecular complexity index is 499. The summed E-state index contributed by atoms with van der Waals surface area (Å²) in [6.45, 7) is 7.15. The SMILES string of the molecule is CNS(=O)(=O)[C@@H](C)[C@@H](OC(C)C)c1ncc(C)cn1. The smallest absolute Gasteiger partial charge is 0.216 e. The minimum absolute atomic E-state index is 0.121. The molecule has 0 fully saturated rings. The maximum Gasteiger partial charge on any atom is 0.216 e. The van der Waals surface area contributed by atoms with Crippen LogP contribution < -0.4 is 4.72 Å². The Labute approximate surface area is 114 Å². The predicted molar refractivity (Wildman–Crippen MR) is 73.2 cm³/mol. The highest BCUT2D eigenvalue weighted by molar-refractivity contribution is 7.90. The summed E-state index contributed by atoms with van der Waals surface area (Å²) in [6, 6.07) is 0. The highest BCUT2D eigenvalue weighted by atomic mass is 32.2. The van der Waals surface area contributed by atoms with Gasteiger partial charge in [-0.2, -0.15) is 0 Å². The molecule has 0 saturated heterocycles. The second-order valence-corrected chi connectivity index (χ2v) is 6.92. The number of hydrogen-bond acceptors (Lipinski definition) is 5. The molecule has 19 heavy (non-hydrogen) atoms. The first kappa shape index (κ1) is 16.0. The molecule has 0 aliphatic rings. The number of sulfonamides is 1. The molecule has 108 valence electrons. The van der Waals surface area contributed by atoms with Gasteiger partial charge >= 0.3 is 0 Å². The molecule has 1 heterocycles. The lowest BCUT2D eigenvalue weighted by molar-refractivity contribution is 0.00130. The third-order valence-electron chi connectivity index (χ3n) is 2.67. The summed E-state index contributed by atoms with van der Waals surface area (Å²) in [6.07, 6.45) is 2.48. The predicted octanol–water partition coefficient (Wildman–Crippen LogP) is 1.19. The zero-order chi connectivity index (χ0) is 14.6. The number of aromatic nitrogens is 2. The Morgan fingerprint density at radius 2 is 1.74 bits per heavy atom. The van der Waals surface area contributed by atoms with E-state index >= 15 is 0 Å². The maximum atomic E-state index is 11.9. The molecule has 1 aromatic heterocycles. The van der Waals surface area contributed by atoms with Crippen molar-refractivity contribution >= 4 is 10.0 Å². The van der Waals surface area contributed by atoms with Crippen molar-refractivity contribution in [3.05, 3.63) is 23.8 Å². The van der Waals surface area contributed by atoms with Crippen LogP contribution in [0.2, 0.25) is 0 Å². The Balaban J connectivity index is 3.11. The van der Waals surface area contributed by atoms with Gasteiger partial charge in [-0.1, -0.05) is 0 Å². The Morgan fingerprint density at radius 3 is 2.16 bits per heavy atom. The molecule has 1 N–H and O–H groups in total. The molecule has 0 unspecified atom stereocenters. The quantitative estimate of drug-likeness (QED) is 0.850. The molecule has 0 spiro atoms.